The van der Waals surface area contributed by atoms with Gasteiger partial charge < -0.3 is 4.74 Å². The standard InChI is InChI=1S/C14H25N3O/c1-3-4-5-6-7-8-13(17-15)12-9-10-16-11-14(12)18-2/h9-11,13,17H,3-8,15H2,1-2H3. The fraction of sp³-hybridized carbons (Fsp3) is 0.643. The molecule has 1 unspecified atom stereocenters. The van der Waals surface area contributed by atoms with Gasteiger partial charge in [0.05, 0.1) is 13.3 Å². The number of hydrogen-bond acceptors (Lipinski definition) is 4. The maximum Gasteiger partial charge on any atom is 0.141 e. The third-order valence-electron chi connectivity index (χ3n) is 3.21. The number of nitrogens with two attached hydrogens (primary N) is 1. The van der Waals surface area contributed by atoms with E-state index in [1.165, 1.54) is 32.1 Å². The van der Waals surface area contributed by atoms with Crippen LogP contribution in [0.2, 0.25) is 0 Å². The molecule has 4 heteroatoms. The van der Waals surface area contributed by atoms with Crippen molar-refractivity contribution in [3.8, 4) is 5.75 Å². The van der Waals surface area contributed by atoms with Crippen molar-refractivity contribution in [2.24, 2.45) is 5.84 Å². The fourth-order valence-corrected chi connectivity index (χ4v) is 2.13. The Kier molecular flexibility index (Phi) is 7.37. The maximum atomic E-state index is 5.64. The van der Waals surface area contributed by atoms with Crippen molar-refractivity contribution in [1.82, 2.24) is 10.4 Å². The molecule has 4 nitrogen and oxygen atoms in total. The average molecular weight is 251 g/mol. The molecule has 102 valence electrons. The molecule has 0 aliphatic carbocycles. The quantitative estimate of drug-likeness (QED) is 0.402. The van der Waals surface area contributed by atoms with Crippen molar-refractivity contribution in [2.45, 2.75) is 51.5 Å². The summed E-state index contributed by atoms with van der Waals surface area (Å²) < 4.78 is 5.31. The van der Waals surface area contributed by atoms with E-state index < -0.39 is 0 Å². The number of unbranched alkanes of at least 4 members (excludes halogenated alkanes) is 4. The molecule has 1 heterocycles. The highest BCUT2D eigenvalue weighted by atomic mass is 16.5. The van der Waals surface area contributed by atoms with E-state index in [0.717, 1.165) is 17.7 Å². The van der Waals surface area contributed by atoms with Gasteiger partial charge in [-0.25, -0.2) is 0 Å². The van der Waals surface area contributed by atoms with Crippen LogP contribution >= 0.6 is 0 Å². The van der Waals surface area contributed by atoms with Crippen molar-refractivity contribution >= 4 is 0 Å². The van der Waals surface area contributed by atoms with E-state index in [0.29, 0.717) is 0 Å². The Morgan fingerprint density at radius 2 is 2.11 bits per heavy atom. The van der Waals surface area contributed by atoms with Crippen LogP contribution in [-0.4, -0.2) is 12.1 Å². The second kappa shape index (κ2) is 8.89. The Balaban J connectivity index is 2.49. The molecule has 1 rings (SSSR count). The lowest BCUT2D eigenvalue weighted by Crippen LogP contribution is -2.28. The zero-order valence-corrected chi connectivity index (χ0v) is 11.5. The number of ether oxygens (including phenoxy) is 1. The largest absolute Gasteiger partial charge is 0.495 e. The van der Waals surface area contributed by atoms with Crippen molar-refractivity contribution in [2.75, 3.05) is 7.11 Å². The molecule has 0 aliphatic heterocycles. The topological polar surface area (TPSA) is 60.2 Å². The molecule has 3 N–H and O–H groups in total. The minimum absolute atomic E-state index is 0.143. The molecule has 1 aromatic rings. The number of methoxy groups -OCH3 is 1. The van der Waals surface area contributed by atoms with Crippen LogP contribution in [0.25, 0.3) is 0 Å². The fourth-order valence-electron chi connectivity index (χ4n) is 2.13. The SMILES string of the molecule is CCCCCCCC(NN)c1ccncc1OC. The van der Waals surface area contributed by atoms with Gasteiger partial charge in [-0.15, -0.1) is 0 Å². The van der Waals surface area contributed by atoms with Gasteiger partial charge in [-0.2, -0.15) is 0 Å². The summed E-state index contributed by atoms with van der Waals surface area (Å²) in [5, 5.41) is 0. The summed E-state index contributed by atoms with van der Waals surface area (Å²) in [7, 11) is 1.66. The molecule has 0 aliphatic rings. The maximum absolute atomic E-state index is 5.64. The van der Waals surface area contributed by atoms with Crippen LogP contribution in [0.15, 0.2) is 18.5 Å². The Hall–Kier alpha value is -1.13. The molecule has 0 spiro atoms. The van der Waals surface area contributed by atoms with Crippen LogP contribution in [0.5, 0.6) is 5.75 Å². The minimum atomic E-state index is 0.143. The number of hydrazine groups is 1. The second-order valence-corrected chi connectivity index (χ2v) is 4.54. The molecule has 0 saturated heterocycles. The van der Waals surface area contributed by atoms with Gasteiger partial charge in [0, 0.05) is 17.8 Å². The number of rotatable bonds is 9. The molecule has 0 fully saturated rings. The van der Waals surface area contributed by atoms with Crippen LogP contribution < -0.4 is 16.0 Å². The lowest BCUT2D eigenvalue weighted by Gasteiger charge is -2.18. The van der Waals surface area contributed by atoms with E-state index in [-0.39, 0.29) is 6.04 Å². The molecule has 18 heavy (non-hydrogen) atoms. The minimum Gasteiger partial charge on any atom is -0.495 e. The molecule has 1 aromatic heterocycles. The van der Waals surface area contributed by atoms with Gasteiger partial charge in [-0.05, 0) is 12.5 Å². The van der Waals surface area contributed by atoms with Crippen molar-refractivity contribution in [1.29, 1.82) is 0 Å². The van der Waals surface area contributed by atoms with Gasteiger partial charge in [0.2, 0.25) is 0 Å². The number of aromatic nitrogens is 1. The van der Waals surface area contributed by atoms with Gasteiger partial charge in [-0.1, -0.05) is 39.0 Å². The van der Waals surface area contributed by atoms with E-state index in [9.17, 15) is 0 Å². The van der Waals surface area contributed by atoms with Gasteiger partial charge in [-0.3, -0.25) is 16.3 Å². The first kappa shape index (κ1) is 14.9. The summed E-state index contributed by atoms with van der Waals surface area (Å²) in [6.07, 6.45) is 10.9. The Labute approximate surface area is 110 Å². The Bertz CT molecular complexity index is 331. The summed E-state index contributed by atoms with van der Waals surface area (Å²) in [6, 6.07) is 2.11. The number of nitrogens with zero attached hydrogens (tertiary/aromatic N) is 1. The highest BCUT2D eigenvalue weighted by Gasteiger charge is 2.14. The predicted molar refractivity (Wildman–Crippen MR) is 74.2 cm³/mol. The van der Waals surface area contributed by atoms with Gasteiger partial charge in [0.15, 0.2) is 0 Å². The number of pyridine rings is 1. The Morgan fingerprint density at radius 3 is 2.78 bits per heavy atom. The molecule has 0 saturated carbocycles. The number of hydrogen-bond donors (Lipinski definition) is 2. The third kappa shape index (κ3) is 4.63. The van der Waals surface area contributed by atoms with Gasteiger partial charge in [0.25, 0.3) is 0 Å². The van der Waals surface area contributed by atoms with E-state index in [4.69, 9.17) is 10.6 Å². The zero-order valence-electron chi connectivity index (χ0n) is 11.5. The van der Waals surface area contributed by atoms with Gasteiger partial charge >= 0.3 is 0 Å². The van der Waals surface area contributed by atoms with Crippen LogP contribution in [0.1, 0.15) is 57.1 Å². The van der Waals surface area contributed by atoms with Crippen LogP contribution in [0, 0.1) is 0 Å². The summed E-state index contributed by atoms with van der Waals surface area (Å²) in [4.78, 5) is 4.06. The lowest BCUT2D eigenvalue weighted by molar-refractivity contribution is 0.391. The molecule has 0 radical (unpaired) electrons. The van der Waals surface area contributed by atoms with E-state index in [1.807, 2.05) is 6.07 Å². The highest BCUT2D eigenvalue weighted by Crippen LogP contribution is 2.27. The van der Waals surface area contributed by atoms with Crippen LogP contribution in [0.4, 0.5) is 0 Å². The van der Waals surface area contributed by atoms with Crippen molar-refractivity contribution in [3.63, 3.8) is 0 Å². The van der Waals surface area contributed by atoms with Gasteiger partial charge in [0.1, 0.15) is 5.75 Å². The summed E-state index contributed by atoms with van der Waals surface area (Å²) in [5.41, 5.74) is 3.96. The second-order valence-electron chi connectivity index (χ2n) is 4.54. The van der Waals surface area contributed by atoms with Crippen LogP contribution in [-0.2, 0) is 0 Å². The summed E-state index contributed by atoms with van der Waals surface area (Å²) in [5.74, 6) is 6.44. The first-order chi connectivity index (χ1) is 8.83. The van der Waals surface area contributed by atoms with Crippen molar-refractivity contribution < 1.29 is 4.74 Å². The normalized spacial score (nSPS) is 12.4. The lowest BCUT2D eigenvalue weighted by atomic mass is 10.0. The first-order valence-electron chi connectivity index (χ1n) is 6.77. The molecule has 0 aromatic carbocycles. The van der Waals surface area contributed by atoms with E-state index in [1.54, 1.807) is 19.5 Å². The Morgan fingerprint density at radius 1 is 1.33 bits per heavy atom. The third-order valence-corrected chi connectivity index (χ3v) is 3.21. The molecule has 0 bridgehead atoms. The first-order valence-corrected chi connectivity index (χ1v) is 6.77. The average Bonchev–Trinajstić information content (AvgIpc) is 2.43. The zero-order chi connectivity index (χ0) is 13.2. The predicted octanol–water partition coefficient (Wildman–Crippen LogP) is 2.96. The molecular weight excluding hydrogens is 226 g/mol. The summed E-state index contributed by atoms with van der Waals surface area (Å²) >= 11 is 0. The van der Waals surface area contributed by atoms with Crippen LogP contribution in [0.3, 0.4) is 0 Å². The van der Waals surface area contributed by atoms with E-state index >= 15 is 0 Å². The molecule has 0 amide bonds. The number of nitrogens with one attached hydrogen (secondary N) is 1. The van der Waals surface area contributed by atoms with Crippen molar-refractivity contribution in [3.05, 3.63) is 24.0 Å². The smallest absolute Gasteiger partial charge is 0.141 e. The highest BCUT2D eigenvalue weighted by molar-refractivity contribution is 5.32. The molecule has 1 atom stereocenters. The molecular formula is C14H25N3O. The summed E-state index contributed by atoms with van der Waals surface area (Å²) in [6.45, 7) is 2.23. The monoisotopic (exact) mass is 251 g/mol. The van der Waals surface area contributed by atoms with E-state index in [2.05, 4.69) is 17.3 Å².